The molecule has 2 aromatic carbocycles. The molecule has 1 heterocycles. The third kappa shape index (κ3) is 4.52. The van der Waals surface area contributed by atoms with Gasteiger partial charge in [-0.25, -0.2) is 0 Å². The molecule has 3 rings (SSSR count). The van der Waals surface area contributed by atoms with Crippen LogP contribution in [0.15, 0.2) is 48.5 Å². The van der Waals surface area contributed by atoms with Crippen LogP contribution >= 0.6 is 22.6 Å². The zero-order valence-electron chi connectivity index (χ0n) is 13.9. The fourth-order valence-corrected chi connectivity index (χ4v) is 3.19. The normalized spacial score (nSPS) is 17.0. The molecule has 1 aliphatic heterocycles. The van der Waals surface area contributed by atoms with E-state index < -0.39 is 30.5 Å². The molecule has 27 heavy (non-hydrogen) atoms. The first kappa shape index (κ1) is 19.5. The molecule has 0 aromatic heterocycles. The van der Waals surface area contributed by atoms with Gasteiger partial charge in [-0.1, -0.05) is 12.1 Å². The summed E-state index contributed by atoms with van der Waals surface area (Å²) in [5, 5.41) is 5.27. The van der Waals surface area contributed by atoms with Gasteiger partial charge in [0.05, 0.1) is 24.3 Å². The summed E-state index contributed by atoms with van der Waals surface area (Å²) in [7, 11) is 0. The lowest BCUT2D eigenvalue weighted by Gasteiger charge is -2.31. The number of nitrogens with one attached hydrogen (secondary N) is 2. The van der Waals surface area contributed by atoms with Gasteiger partial charge in [-0.15, -0.1) is 0 Å². The van der Waals surface area contributed by atoms with Crippen molar-refractivity contribution in [3.05, 3.63) is 52.1 Å². The highest BCUT2D eigenvalue weighted by atomic mass is 127. The van der Waals surface area contributed by atoms with Crippen LogP contribution < -0.4 is 15.5 Å². The summed E-state index contributed by atoms with van der Waals surface area (Å²) in [5.41, 5.74) is 0.821. The maximum atomic E-state index is 13.6. The number of benzene rings is 2. The first-order valence-electron chi connectivity index (χ1n) is 8.03. The molecule has 142 valence electrons. The van der Waals surface area contributed by atoms with Gasteiger partial charge in [0.2, 0.25) is 11.8 Å². The summed E-state index contributed by atoms with van der Waals surface area (Å²) in [5.74, 6) is -1.56. The summed E-state index contributed by atoms with van der Waals surface area (Å²) in [4.78, 5) is 25.3. The summed E-state index contributed by atoms with van der Waals surface area (Å²) in [6, 6.07) is 10.8. The number of carbonyl (C=O) groups is 2. The van der Waals surface area contributed by atoms with Crippen LogP contribution in [0.2, 0.25) is 0 Å². The molecule has 2 aromatic rings. The van der Waals surface area contributed by atoms with Crippen molar-refractivity contribution in [2.24, 2.45) is 0 Å². The molecule has 0 unspecified atom stereocenters. The summed E-state index contributed by atoms with van der Waals surface area (Å²) in [6.45, 7) is -0.338. The van der Waals surface area contributed by atoms with Crippen molar-refractivity contribution in [2.75, 3.05) is 22.1 Å². The van der Waals surface area contributed by atoms with Gasteiger partial charge in [-0.3, -0.25) is 14.5 Å². The molecule has 2 amide bonds. The van der Waals surface area contributed by atoms with E-state index in [1.54, 1.807) is 18.2 Å². The van der Waals surface area contributed by atoms with Crippen molar-refractivity contribution in [1.29, 1.82) is 0 Å². The molecule has 0 bridgehead atoms. The van der Waals surface area contributed by atoms with Crippen molar-refractivity contribution < 1.29 is 22.8 Å². The van der Waals surface area contributed by atoms with Gasteiger partial charge in [0.15, 0.2) is 0 Å². The van der Waals surface area contributed by atoms with Crippen LogP contribution in [0.25, 0.3) is 0 Å². The molecule has 0 spiro atoms. The molecule has 9 heteroatoms. The van der Waals surface area contributed by atoms with Gasteiger partial charge in [-0.2, -0.15) is 13.2 Å². The molecular weight excluding hydrogens is 474 g/mol. The Balaban J connectivity index is 1.91. The molecule has 1 atom stereocenters. The molecule has 0 saturated carbocycles. The van der Waals surface area contributed by atoms with E-state index in [1.807, 2.05) is 12.1 Å². The van der Waals surface area contributed by atoms with E-state index in [1.165, 1.54) is 18.2 Å². The number of hydrogen-bond acceptors (Lipinski definition) is 3. The predicted molar refractivity (Wildman–Crippen MR) is 105 cm³/mol. The topological polar surface area (TPSA) is 61.4 Å². The number of rotatable bonds is 3. The third-order valence-corrected chi connectivity index (χ3v) is 4.78. The molecule has 5 nitrogen and oxygen atoms in total. The lowest BCUT2D eigenvalue weighted by atomic mass is 10.1. The maximum absolute atomic E-state index is 13.6. The van der Waals surface area contributed by atoms with Crippen molar-refractivity contribution in [3.8, 4) is 0 Å². The fraction of sp³-hybridized carbons (Fsp3) is 0.222. The number of fused-ring (bicyclic) bond motifs is 1. The number of hydrogen-bond donors (Lipinski definition) is 2. The summed E-state index contributed by atoms with van der Waals surface area (Å²) >= 11 is 2.12. The SMILES string of the molecule is O=C1C[C@H](C(F)(F)F)N(C(=O)CNc2ccc(I)cc2)c2ccccc2N1. The van der Waals surface area contributed by atoms with Crippen LogP contribution in [-0.2, 0) is 9.59 Å². The Hall–Kier alpha value is -2.30. The minimum atomic E-state index is -4.74. The highest BCUT2D eigenvalue weighted by Gasteiger charge is 2.48. The van der Waals surface area contributed by atoms with Crippen molar-refractivity contribution >= 4 is 51.5 Å². The Morgan fingerprint density at radius 3 is 2.52 bits per heavy atom. The second kappa shape index (κ2) is 7.75. The average molecular weight is 489 g/mol. The molecule has 0 saturated heterocycles. The third-order valence-electron chi connectivity index (χ3n) is 4.06. The minimum Gasteiger partial charge on any atom is -0.376 e. The van der Waals surface area contributed by atoms with Gasteiger partial charge in [0.1, 0.15) is 6.04 Å². The zero-order valence-corrected chi connectivity index (χ0v) is 16.0. The number of alkyl halides is 3. The van der Waals surface area contributed by atoms with E-state index in [4.69, 9.17) is 0 Å². The Kier molecular flexibility index (Phi) is 5.59. The van der Waals surface area contributed by atoms with Crippen LogP contribution in [0.4, 0.5) is 30.2 Å². The van der Waals surface area contributed by atoms with Gasteiger partial charge >= 0.3 is 6.18 Å². The number of amides is 2. The maximum Gasteiger partial charge on any atom is 0.409 e. The van der Waals surface area contributed by atoms with Gasteiger partial charge in [0.25, 0.3) is 0 Å². The standard InChI is InChI=1S/C18H15F3IN3O2/c19-18(20,21)15-9-16(26)24-13-3-1-2-4-14(13)25(15)17(27)10-23-12-7-5-11(22)6-8-12/h1-8,15,23H,9-10H2,(H,24,26)/t15-/m1/s1. The van der Waals surface area contributed by atoms with Crippen molar-refractivity contribution in [3.63, 3.8) is 0 Å². The molecule has 1 aliphatic rings. The Bertz CT molecular complexity index is 856. The summed E-state index contributed by atoms with van der Waals surface area (Å²) < 4.78 is 41.8. The second-order valence-electron chi connectivity index (χ2n) is 5.95. The van der Waals surface area contributed by atoms with Gasteiger partial charge in [-0.05, 0) is 59.0 Å². The Morgan fingerprint density at radius 1 is 1.19 bits per heavy atom. The highest BCUT2D eigenvalue weighted by Crippen LogP contribution is 2.37. The largest absolute Gasteiger partial charge is 0.409 e. The number of anilines is 3. The van der Waals surface area contributed by atoms with Crippen LogP contribution in [-0.4, -0.2) is 30.6 Å². The fourth-order valence-electron chi connectivity index (χ4n) is 2.83. The molecule has 0 radical (unpaired) electrons. The smallest absolute Gasteiger partial charge is 0.376 e. The number of para-hydroxylation sites is 2. The zero-order chi connectivity index (χ0) is 19.6. The molecule has 2 N–H and O–H groups in total. The van der Waals surface area contributed by atoms with Gasteiger partial charge in [0, 0.05) is 9.26 Å². The predicted octanol–water partition coefficient (Wildman–Crippen LogP) is 4.01. The second-order valence-corrected chi connectivity index (χ2v) is 7.20. The van der Waals surface area contributed by atoms with E-state index in [0.717, 1.165) is 3.57 Å². The minimum absolute atomic E-state index is 0.0279. The lowest BCUT2D eigenvalue weighted by molar-refractivity contribution is -0.157. The number of nitrogens with zero attached hydrogens (tertiary/aromatic N) is 1. The van der Waals surface area contributed by atoms with Crippen LogP contribution in [0, 0.1) is 3.57 Å². The van der Waals surface area contributed by atoms with E-state index in [0.29, 0.717) is 10.6 Å². The number of carbonyl (C=O) groups excluding carboxylic acids is 2. The first-order chi connectivity index (χ1) is 12.8. The molecule has 0 aliphatic carbocycles. The highest BCUT2D eigenvalue weighted by molar-refractivity contribution is 14.1. The van der Waals surface area contributed by atoms with Crippen molar-refractivity contribution in [1.82, 2.24) is 0 Å². The lowest BCUT2D eigenvalue weighted by Crippen LogP contribution is -2.51. The Labute approximate surface area is 167 Å². The van der Waals surface area contributed by atoms with E-state index >= 15 is 0 Å². The quantitative estimate of drug-likeness (QED) is 0.641. The van der Waals surface area contributed by atoms with Crippen LogP contribution in [0.3, 0.4) is 0 Å². The Morgan fingerprint density at radius 2 is 1.85 bits per heavy atom. The van der Waals surface area contributed by atoms with E-state index in [9.17, 15) is 22.8 Å². The molecular formula is C18H15F3IN3O2. The van der Waals surface area contributed by atoms with Crippen molar-refractivity contribution in [2.45, 2.75) is 18.6 Å². The first-order valence-corrected chi connectivity index (χ1v) is 9.10. The average Bonchev–Trinajstić information content (AvgIpc) is 2.76. The summed E-state index contributed by atoms with van der Waals surface area (Å²) in [6.07, 6.45) is -5.60. The van der Waals surface area contributed by atoms with Gasteiger partial charge < -0.3 is 10.6 Å². The van der Waals surface area contributed by atoms with E-state index in [2.05, 4.69) is 33.2 Å². The number of halogens is 4. The van der Waals surface area contributed by atoms with Crippen LogP contribution in [0.1, 0.15) is 6.42 Å². The van der Waals surface area contributed by atoms with Crippen LogP contribution in [0.5, 0.6) is 0 Å². The molecule has 0 fully saturated rings. The monoisotopic (exact) mass is 489 g/mol. The van der Waals surface area contributed by atoms with E-state index in [-0.39, 0.29) is 17.9 Å².